The first-order valence-corrected chi connectivity index (χ1v) is 53.3. The van der Waals surface area contributed by atoms with Crippen LogP contribution in [0.2, 0.25) is 0 Å². The Bertz CT molecular complexity index is 6510. The first-order chi connectivity index (χ1) is 70.1. The third-order valence-electron chi connectivity index (χ3n) is 23.5. The molecule has 0 bridgehead atoms. The van der Waals surface area contributed by atoms with E-state index >= 15 is 0 Å². The van der Waals surface area contributed by atoms with Crippen LogP contribution >= 0.6 is 42.9 Å². The van der Waals surface area contributed by atoms with Gasteiger partial charge in [0.15, 0.2) is 34.0 Å². The second-order valence-electron chi connectivity index (χ2n) is 35.7. The Balaban J connectivity index is 0.000000161. The quantitative estimate of drug-likeness (QED) is 0.0267. The molecule has 746 valence electrons. The summed E-state index contributed by atoms with van der Waals surface area (Å²) in [6.45, 7) is 5.55. The van der Waals surface area contributed by atoms with Gasteiger partial charge < -0.3 is 71.9 Å². The number of rotatable bonds is 42. The molecule has 0 spiro atoms. The third kappa shape index (κ3) is 34.3. The highest BCUT2D eigenvalue weighted by Gasteiger charge is 2.22. The lowest BCUT2D eigenvalue weighted by Crippen LogP contribution is -2.20. The number of anilines is 5. The molecule has 0 heterocycles. The molecule has 5 unspecified atom stereocenters. The Hall–Kier alpha value is -12.5. The zero-order valence-corrected chi connectivity index (χ0v) is 91.4. The number of hydrogen-bond acceptors (Lipinski definition) is 15. The van der Waals surface area contributed by atoms with Gasteiger partial charge in [-0.05, 0) is 172 Å². The summed E-state index contributed by atoms with van der Waals surface area (Å²) in [5, 5.41) is 12.6. The van der Waals surface area contributed by atoms with Crippen LogP contribution in [0, 0.1) is 13.8 Å². The van der Waals surface area contributed by atoms with Crippen molar-refractivity contribution >= 4 is 124 Å². The van der Waals surface area contributed by atoms with Crippen molar-refractivity contribution in [3.05, 3.63) is 454 Å². The molecule has 16 aromatic carbocycles. The van der Waals surface area contributed by atoms with Crippen molar-refractivity contribution in [2.75, 3.05) is 164 Å². The van der Waals surface area contributed by atoms with Crippen molar-refractivity contribution in [2.45, 2.75) is 52.4 Å². The van der Waals surface area contributed by atoms with E-state index in [4.69, 9.17) is 47.4 Å². The van der Waals surface area contributed by atoms with Gasteiger partial charge in [-0.15, -0.1) is 0 Å². The minimum atomic E-state index is 0.229. The molecule has 0 saturated carbocycles. The van der Waals surface area contributed by atoms with E-state index < -0.39 is 0 Å². The molecule has 20 heteroatoms. The van der Waals surface area contributed by atoms with E-state index in [1.807, 2.05) is 12.1 Å². The van der Waals surface area contributed by atoms with Gasteiger partial charge >= 0.3 is 0 Å². The van der Waals surface area contributed by atoms with Crippen LogP contribution in [0.5, 0.6) is 28.7 Å². The average molecular weight is 2020 g/mol. The monoisotopic (exact) mass is 2010 g/mol. The lowest BCUT2D eigenvalue weighted by Gasteiger charge is -2.21. The van der Waals surface area contributed by atoms with E-state index in [0.29, 0.717) is 42.9 Å². The number of aryl methyl sites for hydroxylation is 2. The van der Waals surface area contributed by atoms with E-state index in [2.05, 4.69) is 473 Å². The Morgan fingerprint density at radius 1 is 0.194 bits per heavy atom. The zero-order valence-electron chi connectivity index (χ0n) is 86.4. The molecule has 0 aliphatic carbocycles. The van der Waals surface area contributed by atoms with E-state index in [1.165, 1.54) is 159 Å². The van der Waals surface area contributed by atoms with E-state index in [0.717, 1.165) is 67.3 Å². The first kappa shape index (κ1) is 110. The van der Waals surface area contributed by atoms with Crippen molar-refractivity contribution in [2.24, 2.45) is 0 Å². The van der Waals surface area contributed by atoms with Crippen LogP contribution in [0.1, 0.15) is 77.9 Å². The molecule has 0 aliphatic rings. The Kier molecular flexibility index (Phi) is 45.2. The molecule has 0 amide bonds. The van der Waals surface area contributed by atoms with Crippen LogP contribution in [0.25, 0.3) is 0 Å². The van der Waals surface area contributed by atoms with Crippen molar-refractivity contribution < 1.29 is 47.4 Å². The maximum atomic E-state index is 6.24. The smallest absolute Gasteiger partial charge is 0.188 e. The van der Waals surface area contributed by atoms with Gasteiger partial charge in [0.05, 0.1) is 0 Å². The second-order valence-corrected chi connectivity index (χ2v) is 42.3. The first-order valence-electron chi connectivity index (χ1n) is 48.3. The Morgan fingerprint density at radius 2 is 0.479 bits per heavy atom. The van der Waals surface area contributed by atoms with Crippen LogP contribution in [-0.4, -0.2) is 140 Å². The molecule has 15 nitrogen and oxygen atoms in total. The summed E-state index contributed by atoms with van der Waals surface area (Å²) in [7, 11) is 31.7. The van der Waals surface area contributed by atoms with Gasteiger partial charge in [0.1, 0.15) is 28.7 Å². The molecule has 5 atom stereocenters. The van der Waals surface area contributed by atoms with E-state index in [9.17, 15) is 0 Å². The van der Waals surface area contributed by atoms with Crippen LogP contribution in [-0.2, 0) is 62.2 Å². The van der Waals surface area contributed by atoms with Crippen molar-refractivity contribution in [1.82, 2.24) is 0 Å². The van der Waals surface area contributed by atoms with Crippen molar-refractivity contribution in [3.8, 4) is 28.7 Å². The van der Waals surface area contributed by atoms with Crippen LogP contribution in [0.3, 0.4) is 0 Å². The number of methoxy groups -OCH3 is 5. The highest BCUT2D eigenvalue weighted by Crippen LogP contribution is 2.36. The molecule has 16 aromatic rings. The molecule has 144 heavy (non-hydrogen) atoms. The average Bonchev–Trinajstić information content (AvgIpc) is 0.818. The predicted molar refractivity (Wildman–Crippen MR) is 621 cm³/mol. The molecule has 0 saturated heterocycles. The van der Waals surface area contributed by atoms with Gasteiger partial charge in [-0.3, -0.25) is 0 Å². The summed E-state index contributed by atoms with van der Waals surface area (Å²) >= 11 is 0. The summed E-state index contributed by atoms with van der Waals surface area (Å²) in [4.78, 5) is 10.9. The number of hydrogen-bond donors (Lipinski definition) is 0. The van der Waals surface area contributed by atoms with Crippen molar-refractivity contribution in [3.63, 3.8) is 0 Å². The Morgan fingerprint density at radius 3 is 0.854 bits per heavy atom. The van der Waals surface area contributed by atoms with Crippen molar-refractivity contribution in [1.29, 1.82) is 0 Å². The molecule has 0 N–H and O–H groups in total. The number of para-hydroxylation sites is 5. The van der Waals surface area contributed by atoms with Crippen LogP contribution < -0.4 is 101 Å². The van der Waals surface area contributed by atoms with E-state index in [-0.39, 0.29) is 34.0 Å². The number of ether oxygens (including phenoxy) is 10. The normalized spacial score (nSPS) is 11.1. The van der Waals surface area contributed by atoms with Gasteiger partial charge in [-0.25, -0.2) is 0 Å². The predicted octanol–water partition coefficient (Wildman–Crippen LogP) is 22.0. The van der Waals surface area contributed by atoms with Gasteiger partial charge in [0.25, 0.3) is 0 Å². The highest BCUT2D eigenvalue weighted by molar-refractivity contribution is 7.57. The van der Waals surface area contributed by atoms with Gasteiger partial charge in [-0.1, -0.05) is 358 Å². The minimum absolute atomic E-state index is 0.229. The summed E-state index contributed by atoms with van der Waals surface area (Å²) in [6, 6.07) is 133. The zero-order chi connectivity index (χ0) is 102. The minimum Gasteiger partial charge on any atom is -0.467 e. The summed E-state index contributed by atoms with van der Waals surface area (Å²) in [6.07, 6.45) is 5.21. The molecule has 0 aromatic heterocycles. The van der Waals surface area contributed by atoms with Gasteiger partial charge in [0, 0.05) is 207 Å². The molecule has 16 rings (SSSR count). The third-order valence-corrected chi connectivity index (χ3v) is 30.4. The fourth-order valence-corrected chi connectivity index (χ4v) is 23.8. The lowest BCUT2D eigenvalue weighted by atomic mass is 9.98. The maximum absolute atomic E-state index is 6.24. The van der Waals surface area contributed by atoms with E-state index in [1.54, 1.807) is 35.5 Å². The standard InChI is InChI=1S/C30H32NO2P.2C24H28NO2P.2C23H26NO2P/c1-31(2)27-16-10-11-17-28(27)34-29-21-25(18-23-12-6-4-7-13-23)20-26(30(29)33-22-32-3)19-24-14-8-5-9-15-24;1-18-10-8-14-21(25(2)3)24(18)28-22-15-9-13-20(23(22)27-17-26-4)16-19-11-6-5-7-12-19;1-18-10-13-23(21(14-18)25(2)3)28-24-16-20(11-12-22(24)27-17-26-4)15-19-8-6-5-7-9-19;1-24(2)20-13-7-8-14-21(20)27-22-15-9-12-19(23(22)26-17-25-3)16-18-10-5-4-6-11-18;1-24(2)20-11-7-8-12-22(20)27-23-16-19(13-14-21(23)26-17-25-3)15-18-9-5-4-6-10-18/h4-17,20-21,34H,18-19,22H2,1-3H3;5-15,28H,16-17H2,1-4H3;5-14,16,28H,15,17H2,1-4H3;4-15,27H,16-17H2,1-3H3;4-14,16,27H,15,17H2,1-3H3. The molecular weight excluding hydrogens is 1870 g/mol. The second kappa shape index (κ2) is 59.0. The molecule has 0 radical (unpaired) electrons. The largest absolute Gasteiger partial charge is 0.467 e. The number of benzene rings is 16. The molecular formula is C124H140N5O10P5. The molecule has 0 fully saturated rings. The van der Waals surface area contributed by atoms with Gasteiger partial charge in [0.2, 0.25) is 0 Å². The molecule has 0 aliphatic heterocycles. The Labute approximate surface area is 865 Å². The fraction of sp³-hybridized carbons (Fsp3) is 0.226. The highest BCUT2D eigenvalue weighted by atomic mass is 31.1. The summed E-state index contributed by atoms with van der Waals surface area (Å²) in [5.74, 6) is 4.60. The van der Waals surface area contributed by atoms with Crippen LogP contribution in [0.15, 0.2) is 376 Å². The fourth-order valence-electron chi connectivity index (χ4n) is 16.5. The summed E-state index contributed by atoms with van der Waals surface area (Å²) in [5.41, 5.74) is 24.0. The SMILES string of the molecule is COCOc1c(Cc2ccccc2)cc(Cc2ccccc2)cc1Pc1ccccc1N(C)C.COCOc1c(Cc2ccccc2)cccc1Pc1c(C)cccc1N(C)C.COCOc1c(Cc2ccccc2)cccc1Pc1ccccc1N(C)C.COCOc1ccc(Cc2ccccc2)cc1Pc1ccc(C)cc1N(C)C.COCOc1ccc(Cc2ccccc2)cc1Pc1ccccc1N(C)C. The van der Waals surface area contributed by atoms with Gasteiger partial charge in [-0.2, -0.15) is 0 Å². The maximum Gasteiger partial charge on any atom is 0.188 e. The number of nitrogens with zero attached hydrogens (tertiary/aromatic N) is 5. The lowest BCUT2D eigenvalue weighted by molar-refractivity contribution is 0.0511. The summed E-state index contributed by atoms with van der Waals surface area (Å²) < 4.78 is 56.0. The topological polar surface area (TPSA) is 109 Å². The van der Waals surface area contributed by atoms with Crippen LogP contribution in [0.4, 0.5) is 28.4 Å².